The van der Waals surface area contributed by atoms with Crippen molar-refractivity contribution < 1.29 is 9.59 Å². The largest absolute Gasteiger partial charge is 0.353 e. The molecule has 0 aliphatic carbocycles. The molecule has 7 heteroatoms. The van der Waals surface area contributed by atoms with Crippen LogP contribution < -0.4 is 10.2 Å². The maximum absolute atomic E-state index is 12.9. The Hall–Kier alpha value is -3.74. The minimum Gasteiger partial charge on any atom is -0.353 e. The number of anilines is 2. The number of rotatable bonds is 5. The lowest BCUT2D eigenvalue weighted by Crippen LogP contribution is -2.52. The van der Waals surface area contributed by atoms with E-state index in [9.17, 15) is 9.59 Å². The Morgan fingerprint density at radius 3 is 2.35 bits per heavy atom. The molecule has 5 rings (SSSR count). The normalized spacial score (nSPS) is 16.7. The zero-order valence-electron chi connectivity index (χ0n) is 19.4. The summed E-state index contributed by atoms with van der Waals surface area (Å²) in [5.74, 6) is 1.36. The summed E-state index contributed by atoms with van der Waals surface area (Å²) in [6.45, 7) is 4.82. The van der Waals surface area contributed by atoms with Gasteiger partial charge < -0.3 is 15.1 Å². The average molecular weight is 456 g/mol. The van der Waals surface area contributed by atoms with Crippen molar-refractivity contribution in [2.24, 2.45) is 5.92 Å². The molecule has 2 fully saturated rings. The van der Waals surface area contributed by atoms with Crippen molar-refractivity contribution >= 4 is 23.3 Å². The number of piperidine rings is 1. The first-order valence-corrected chi connectivity index (χ1v) is 11.9. The van der Waals surface area contributed by atoms with Crippen molar-refractivity contribution in [3.63, 3.8) is 0 Å². The smallest absolute Gasteiger partial charge is 0.254 e. The molecular formula is C27H29N5O2. The van der Waals surface area contributed by atoms with Crippen LogP contribution in [0.5, 0.6) is 0 Å². The van der Waals surface area contributed by atoms with Crippen LogP contribution in [0, 0.1) is 12.8 Å². The molecule has 2 aliphatic rings. The predicted octanol–water partition coefficient (Wildman–Crippen LogP) is 3.88. The first-order chi connectivity index (χ1) is 16.6. The van der Waals surface area contributed by atoms with E-state index in [-0.39, 0.29) is 17.7 Å². The highest BCUT2D eigenvalue weighted by atomic mass is 16.2. The molecule has 2 saturated heterocycles. The van der Waals surface area contributed by atoms with Gasteiger partial charge in [0.15, 0.2) is 5.82 Å². The first kappa shape index (κ1) is 22.1. The summed E-state index contributed by atoms with van der Waals surface area (Å²) >= 11 is 0. The molecule has 2 aliphatic heterocycles. The van der Waals surface area contributed by atoms with Gasteiger partial charge >= 0.3 is 0 Å². The van der Waals surface area contributed by atoms with E-state index in [1.54, 1.807) is 6.20 Å². The lowest BCUT2D eigenvalue weighted by Gasteiger charge is -2.38. The van der Waals surface area contributed by atoms with Gasteiger partial charge in [0, 0.05) is 43.6 Å². The zero-order chi connectivity index (χ0) is 23.5. The second-order valence-electron chi connectivity index (χ2n) is 9.18. The van der Waals surface area contributed by atoms with Crippen LogP contribution in [0.4, 0.5) is 11.5 Å². The maximum Gasteiger partial charge on any atom is 0.254 e. The number of nitrogens with zero attached hydrogens (tertiary/aromatic N) is 4. The SMILES string of the molecule is Cc1ccccc1C(=O)N1CCC(c2ccc(NC(=O)C3CN(c4cccnn4)C3)cc2)CC1. The Morgan fingerprint density at radius 2 is 1.68 bits per heavy atom. The Labute approximate surface area is 199 Å². The van der Waals surface area contributed by atoms with Gasteiger partial charge in [-0.15, -0.1) is 5.10 Å². The highest BCUT2D eigenvalue weighted by Gasteiger charge is 2.33. The van der Waals surface area contributed by atoms with Gasteiger partial charge in [-0.05, 0) is 67.1 Å². The molecule has 7 nitrogen and oxygen atoms in total. The number of amides is 2. The Bertz CT molecular complexity index is 1150. The van der Waals surface area contributed by atoms with Gasteiger partial charge in [-0.2, -0.15) is 5.10 Å². The number of likely N-dealkylation sites (tertiary alicyclic amines) is 1. The van der Waals surface area contributed by atoms with E-state index >= 15 is 0 Å². The third-order valence-corrected chi connectivity index (χ3v) is 6.94. The molecule has 34 heavy (non-hydrogen) atoms. The summed E-state index contributed by atoms with van der Waals surface area (Å²) < 4.78 is 0. The van der Waals surface area contributed by atoms with Crippen molar-refractivity contribution in [3.8, 4) is 0 Å². The summed E-state index contributed by atoms with van der Waals surface area (Å²) in [6, 6.07) is 19.7. The van der Waals surface area contributed by atoms with Crippen LogP contribution in [0.3, 0.4) is 0 Å². The van der Waals surface area contributed by atoms with E-state index in [1.807, 2.05) is 60.4 Å². The zero-order valence-corrected chi connectivity index (χ0v) is 19.4. The predicted molar refractivity (Wildman–Crippen MR) is 132 cm³/mol. The molecule has 3 aromatic rings. The van der Waals surface area contributed by atoms with Gasteiger partial charge in [0.1, 0.15) is 0 Å². The van der Waals surface area contributed by atoms with Crippen molar-refractivity contribution in [1.29, 1.82) is 0 Å². The lowest BCUT2D eigenvalue weighted by molar-refractivity contribution is -0.120. The van der Waals surface area contributed by atoms with Crippen LogP contribution in [-0.4, -0.2) is 53.1 Å². The van der Waals surface area contributed by atoms with Gasteiger partial charge in [-0.1, -0.05) is 30.3 Å². The van der Waals surface area contributed by atoms with Crippen molar-refractivity contribution in [1.82, 2.24) is 15.1 Å². The minimum absolute atomic E-state index is 0.0379. The summed E-state index contributed by atoms with van der Waals surface area (Å²) in [7, 11) is 0. The molecule has 0 atom stereocenters. The van der Waals surface area contributed by atoms with Crippen LogP contribution in [0.15, 0.2) is 66.9 Å². The fraction of sp³-hybridized carbons (Fsp3) is 0.333. The quantitative estimate of drug-likeness (QED) is 0.632. The molecule has 2 amide bonds. The minimum atomic E-state index is -0.0446. The monoisotopic (exact) mass is 455 g/mol. The molecule has 1 N–H and O–H groups in total. The fourth-order valence-corrected chi connectivity index (χ4v) is 4.78. The highest BCUT2D eigenvalue weighted by Crippen LogP contribution is 2.30. The van der Waals surface area contributed by atoms with Crippen LogP contribution in [0.1, 0.15) is 40.2 Å². The number of hydrogen-bond donors (Lipinski definition) is 1. The van der Waals surface area contributed by atoms with Crippen molar-refractivity contribution in [3.05, 3.63) is 83.6 Å². The third kappa shape index (κ3) is 4.64. The second-order valence-corrected chi connectivity index (χ2v) is 9.18. The molecule has 1 aromatic heterocycles. The molecule has 0 saturated carbocycles. The van der Waals surface area contributed by atoms with Gasteiger partial charge in [0.05, 0.1) is 5.92 Å². The van der Waals surface area contributed by atoms with Gasteiger partial charge in [0.2, 0.25) is 5.91 Å². The standard InChI is InChI=1S/C27H29N5O2/c1-19-5-2-3-6-24(19)27(34)31-15-12-21(13-16-31)20-8-10-23(11-9-20)29-26(33)22-17-32(18-22)25-7-4-14-28-30-25/h2-11,14,21-22H,12-13,15-18H2,1H3,(H,29,33). The third-order valence-electron chi connectivity index (χ3n) is 6.94. The molecule has 0 bridgehead atoms. The average Bonchev–Trinajstić information content (AvgIpc) is 2.84. The number of benzene rings is 2. The van der Waals surface area contributed by atoms with Crippen molar-refractivity contribution in [2.45, 2.75) is 25.7 Å². The topological polar surface area (TPSA) is 78.4 Å². The molecule has 3 heterocycles. The summed E-state index contributed by atoms with van der Waals surface area (Å²) in [5.41, 5.74) is 3.90. The molecule has 0 unspecified atom stereocenters. The summed E-state index contributed by atoms with van der Waals surface area (Å²) in [6.07, 6.45) is 3.54. The van der Waals surface area contributed by atoms with Crippen LogP contribution >= 0.6 is 0 Å². The van der Waals surface area contributed by atoms with Gasteiger partial charge in [-0.3, -0.25) is 9.59 Å². The maximum atomic E-state index is 12.9. The van der Waals surface area contributed by atoms with E-state index in [4.69, 9.17) is 0 Å². The number of carbonyl (C=O) groups excluding carboxylic acids is 2. The van der Waals surface area contributed by atoms with E-state index in [1.165, 1.54) is 5.56 Å². The number of aromatic nitrogens is 2. The molecule has 0 spiro atoms. The van der Waals surface area contributed by atoms with Crippen LogP contribution in [0.2, 0.25) is 0 Å². The Morgan fingerprint density at radius 1 is 0.941 bits per heavy atom. The number of aryl methyl sites for hydroxylation is 1. The molecular weight excluding hydrogens is 426 g/mol. The number of nitrogens with one attached hydrogen (secondary N) is 1. The lowest BCUT2D eigenvalue weighted by atomic mass is 9.89. The molecule has 174 valence electrons. The van der Waals surface area contributed by atoms with E-state index < -0.39 is 0 Å². The number of carbonyl (C=O) groups is 2. The summed E-state index contributed by atoms with van der Waals surface area (Å²) in [4.78, 5) is 29.5. The Balaban J connectivity index is 1.11. The van der Waals surface area contributed by atoms with Crippen molar-refractivity contribution in [2.75, 3.05) is 36.4 Å². The Kier molecular flexibility index (Phi) is 6.25. The number of hydrogen-bond acceptors (Lipinski definition) is 5. The van der Waals surface area contributed by atoms with Crippen LogP contribution in [-0.2, 0) is 4.79 Å². The van der Waals surface area contributed by atoms with E-state index in [2.05, 4.69) is 32.5 Å². The highest BCUT2D eigenvalue weighted by molar-refractivity contribution is 5.96. The van der Waals surface area contributed by atoms with E-state index in [0.29, 0.717) is 19.0 Å². The van der Waals surface area contributed by atoms with Crippen LogP contribution in [0.25, 0.3) is 0 Å². The fourth-order valence-electron chi connectivity index (χ4n) is 4.78. The molecule has 0 radical (unpaired) electrons. The first-order valence-electron chi connectivity index (χ1n) is 11.9. The van der Waals surface area contributed by atoms with Gasteiger partial charge in [0.25, 0.3) is 5.91 Å². The summed E-state index contributed by atoms with van der Waals surface area (Å²) in [5, 5.41) is 11.0. The second kappa shape index (κ2) is 9.63. The van der Waals surface area contributed by atoms with Gasteiger partial charge in [-0.25, -0.2) is 0 Å². The van der Waals surface area contributed by atoms with E-state index in [0.717, 1.165) is 48.6 Å². The molecule has 2 aromatic carbocycles.